The van der Waals surface area contributed by atoms with Crippen molar-refractivity contribution >= 4 is 24.8 Å². The summed E-state index contributed by atoms with van der Waals surface area (Å²) in [5.74, 6) is 5.32. The molecule has 1 heterocycles. The van der Waals surface area contributed by atoms with Crippen molar-refractivity contribution in [3.63, 3.8) is 0 Å². The monoisotopic (exact) mass is 171 g/mol. The molecule has 0 amide bonds. The summed E-state index contributed by atoms with van der Waals surface area (Å²) in [7, 11) is 0. The third kappa shape index (κ3) is 4.54. The van der Waals surface area contributed by atoms with Gasteiger partial charge in [0.25, 0.3) is 0 Å². The third-order valence-corrected chi connectivity index (χ3v) is 0.853. The average Bonchev–Trinajstić information content (AvgIpc) is 1.69. The normalized spacial score (nSPS) is 15.9. The van der Waals surface area contributed by atoms with E-state index in [2.05, 4.69) is 5.32 Å². The van der Waals surface area contributed by atoms with Gasteiger partial charge in [-0.2, -0.15) is 0 Å². The van der Waals surface area contributed by atoms with Gasteiger partial charge in [-0.05, 0) is 0 Å². The zero-order valence-corrected chi connectivity index (χ0v) is 6.54. The molecule has 0 aromatic heterocycles. The summed E-state index contributed by atoms with van der Waals surface area (Å²) in [5.41, 5.74) is 0. The lowest BCUT2D eigenvalue weighted by Crippen LogP contribution is -2.38. The van der Waals surface area contributed by atoms with Gasteiger partial charge in [-0.1, -0.05) is 6.08 Å². The summed E-state index contributed by atoms with van der Waals surface area (Å²) >= 11 is 0. The van der Waals surface area contributed by atoms with Crippen molar-refractivity contribution in [1.82, 2.24) is 10.3 Å². The third-order valence-electron chi connectivity index (χ3n) is 0.853. The summed E-state index contributed by atoms with van der Waals surface area (Å²) in [5, 5.41) is 4.65. The topological polar surface area (TPSA) is 41.3 Å². The van der Waals surface area contributed by atoms with E-state index < -0.39 is 0 Å². The van der Waals surface area contributed by atoms with Crippen LogP contribution in [0.2, 0.25) is 0 Å². The first kappa shape index (κ1) is 11.8. The predicted molar refractivity (Wildman–Crippen MR) is 42.5 cm³/mol. The molecule has 0 bridgehead atoms. The molecule has 0 spiro atoms. The van der Waals surface area contributed by atoms with E-state index in [1.54, 1.807) is 5.01 Å². The van der Waals surface area contributed by atoms with Crippen LogP contribution in [-0.2, 0) is 0 Å². The maximum atomic E-state index is 5.32. The molecule has 1 aliphatic rings. The van der Waals surface area contributed by atoms with Gasteiger partial charge in [0.05, 0.1) is 6.67 Å². The van der Waals surface area contributed by atoms with Crippen LogP contribution in [-0.4, -0.2) is 18.2 Å². The molecule has 1 aliphatic heterocycles. The number of halogens is 2. The highest BCUT2D eigenvalue weighted by atomic mass is 35.5. The highest BCUT2D eigenvalue weighted by Gasteiger charge is 1.92. The fourth-order valence-electron chi connectivity index (χ4n) is 0.518. The van der Waals surface area contributed by atoms with Crippen LogP contribution in [0.25, 0.3) is 0 Å². The molecule has 0 unspecified atom stereocenters. The number of rotatable bonds is 0. The van der Waals surface area contributed by atoms with Crippen LogP contribution in [0.15, 0.2) is 12.3 Å². The van der Waals surface area contributed by atoms with Crippen molar-refractivity contribution in [2.75, 3.05) is 13.2 Å². The van der Waals surface area contributed by atoms with Crippen molar-refractivity contribution in [3.8, 4) is 0 Å². The molecular weight excluding hydrogens is 161 g/mol. The number of nitrogens with zero attached hydrogens (tertiary/aromatic N) is 1. The Morgan fingerprint density at radius 1 is 1.44 bits per heavy atom. The smallest absolute Gasteiger partial charge is 0.0831 e. The molecule has 5 heteroatoms. The van der Waals surface area contributed by atoms with Gasteiger partial charge in [-0.3, -0.25) is 5.32 Å². The molecule has 0 radical (unpaired) electrons. The Hall–Kier alpha value is 0.0400. The number of hydrogen-bond donors (Lipinski definition) is 2. The van der Waals surface area contributed by atoms with Crippen molar-refractivity contribution in [2.45, 2.75) is 0 Å². The lowest BCUT2D eigenvalue weighted by atomic mass is 10.5. The SMILES string of the molecule is Cl.Cl.NN1C=CCNC1. The van der Waals surface area contributed by atoms with Crippen molar-refractivity contribution < 1.29 is 0 Å². The number of nitrogens with two attached hydrogens (primary N) is 1. The second kappa shape index (κ2) is 6.16. The van der Waals surface area contributed by atoms with Crippen molar-refractivity contribution in [1.29, 1.82) is 0 Å². The quantitative estimate of drug-likeness (QED) is 0.508. The Balaban J connectivity index is 0. The van der Waals surface area contributed by atoms with Gasteiger partial charge in [-0.15, -0.1) is 24.8 Å². The highest BCUT2D eigenvalue weighted by molar-refractivity contribution is 5.85. The second-order valence-corrected chi connectivity index (χ2v) is 1.51. The molecule has 0 aliphatic carbocycles. The van der Waals surface area contributed by atoms with E-state index in [-0.39, 0.29) is 24.8 Å². The minimum atomic E-state index is 0. The van der Waals surface area contributed by atoms with Crippen LogP contribution in [0.3, 0.4) is 0 Å². The largest absolute Gasteiger partial charge is 0.304 e. The van der Waals surface area contributed by atoms with Crippen LogP contribution in [0.4, 0.5) is 0 Å². The van der Waals surface area contributed by atoms with E-state index in [1.165, 1.54) is 0 Å². The Morgan fingerprint density at radius 3 is 2.33 bits per heavy atom. The van der Waals surface area contributed by atoms with E-state index in [0.29, 0.717) is 0 Å². The van der Waals surface area contributed by atoms with Crippen molar-refractivity contribution in [3.05, 3.63) is 12.3 Å². The minimum Gasteiger partial charge on any atom is -0.304 e. The number of hydrogen-bond acceptors (Lipinski definition) is 3. The molecule has 3 nitrogen and oxygen atoms in total. The molecule has 1 rings (SSSR count). The van der Waals surface area contributed by atoms with E-state index in [1.807, 2.05) is 12.3 Å². The van der Waals surface area contributed by atoms with Gasteiger partial charge >= 0.3 is 0 Å². The van der Waals surface area contributed by atoms with Crippen molar-refractivity contribution in [2.24, 2.45) is 5.84 Å². The second-order valence-electron chi connectivity index (χ2n) is 1.51. The zero-order chi connectivity index (χ0) is 5.11. The van der Waals surface area contributed by atoms with Gasteiger partial charge < -0.3 is 5.01 Å². The van der Waals surface area contributed by atoms with Crippen LogP contribution in [0.1, 0.15) is 0 Å². The van der Waals surface area contributed by atoms with Crippen LogP contribution in [0.5, 0.6) is 0 Å². The Kier molecular flexibility index (Phi) is 8.08. The van der Waals surface area contributed by atoms with Gasteiger partial charge in [-0.25, -0.2) is 5.84 Å². The maximum absolute atomic E-state index is 5.32. The first-order valence-corrected chi connectivity index (χ1v) is 2.28. The molecule has 0 saturated heterocycles. The molecule has 9 heavy (non-hydrogen) atoms. The molecular formula is C4H11Cl2N3. The minimum absolute atomic E-state index is 0. The van der Waals surface area contributed by atoms with E-state index in [9.17, 15) is 0 Å². The Bertz CT molecular complexity index is 85.9. The van der Waals surface area contributed by atoms with Gasteiger partial charge in [0.1, 0.15) is 0 Å². The lowest BCUT2D eigenvalue weighted by Gasteiger charge is -2.17. The molecule has 0 atom stereocenters. The summed E-state index contributed by atoms with van der Waals surface area (Å²) in [4.78, 5) is 0. The lowest BCUT2D eigenvalue weighted by molar-refractivity contribution is 0.348. The van der Waals surface area contributed by atoms with Gasteiger partial charge in [0, 0.05) is 12.7 Å². The average molecular weight is 172 g/mol. The first-order chi connectivity index (χ1) is 3.39. The molecule has 0 aromatic carbocycles. The summed E-state index contributed by atoms with van der Waals surface area (Å²) in [6, 6.07) is 0. The zero-order valence-electron chi connectivity index (χ0n) is 4.91. The van der Waals surface area contributed by atoms with E-state index >= 15 is 0 Å². The van der Waals surface area contributed by atoms with E-state index in [4.69, 9.17) is 5.84 Å². The van der Waals surface area contributed by atoms with E-state index in [0.717, 1.165) is 13.2 Å². The summed E-state index contributed by atoms with van der Waals surface area (Å²) < 4.78 is 0. The fraction of sp³-hybridized carbons (Fsp3) is 0.500. The molecule has 0 aromatic rings. The molecule has 56 valence electrons. The van der Waals surface area contributed by atoms with Crippen LogP contribution >= 0.6 is 24.8 Å². The standard InChI is InChI=1S/C4H9N3.2ClH/c5-7-3-1-2-6-4-7;;/h1,3,6H,2,4-5H2;2*1H. The molecule has 0 saturated carbocycles. The molecule has 0 fully saturated rings. The fourth-order valence-corrected chi connectivity index (χ4v) is 0.518. The van der Waals surface area contributed by atoms with Gasteiger partial charge in [0.15, 0.2) is 0 Å². The van der Waals surface area contributed by atoms with Crippen LogP contribution in [0, 0.1) is 0 Å². The Labute approximate surface area is 67.1 Å². The number of nitrogens with one attached hydrogen (secondary N) is 1. The maximum Gasteiger partial charge on any atom is 0.0831 e. The number of hydrazine groups is 1. The Morgan fingerprint density at radius 2 is 2.11 bits per heavy atom. The van der Waals surface area contributed by atoms with Crippen LogP contribution < -0.4 is 11.2 Å². The van der Waals surface area contributed by atoms with Gasteiger partial charge in [0.2, 0.25) is 0 Å². The summed E-state index contributed by atoms with van der Waals surface area (Å²) in [6.07, 6.45) is 3.83. The first-order valence-electron chi connectivity index (χ1n) is 2.28. The predicted octanol–water partition coefficient (Wildman–Crippen LogP) is 0.0801. The molecule has 3 N–H and O–H groups in total. The highest BCUT2D eigenvalue weighted by Crippen LogP contribution is 1.81. The summed E-state index contributed by atoms with van der Waals surface area (Å²) in [6.45, 7) is 1.70.